The summed E-state index contributed by atoms with van der Waals surface area (Å²) in [5, 5.41) is 0. The van der Waals surface area contributed by atoms with E-state index in [9.17, 15) is 13.2 Å². The van der Waals surface area contributed by atoms with Crippen molar-refractivity contribution in [3.8, 4) is 0 Å². The summed E-state index contributed by atoms with van der Waals surface area (Å²) in [6.07, 6.45) is 6.79. The Morgan fingerprint density at radius 3 is 2.70 bits per heavy atom. The van der Waals surface area contributed by atoms with E-state index in [0.717, 1.165) is 31.5 Å². The number of piperidine rings is 1. The van der Waals surface area contributed by atoms with E-state index >= 15 is 0 Å². The molecule has 3 rings (SSSR count). The van der Waals surface area contributed by atoms with E-state index in [1.165, 1.54) is 12.1 Å². The van der Waals surface area contributed by atoms with Crippen LogP contribution in [0.5, 0.6) is 0 Å². The minimum absolute atomic E-state index is 0.0743. The van der Waals surface area contributed by atoms with E-state index in [-0.39, 0.29) is 16.7 Å². The fourth-order valence-electron chi connectivity index (χ4n) is 3.46. The number of aromatic nitrogens is 2. The van der Waals surface area contributed by atoms with Gasteiger partial charge >= 0.3 is 0 Å². The zero-order chi connectivity index (χ0) is 19.4. The number of amides is 1. The highest BCUT2D eigenvalue weighted by atomic mass is 32.2. The van der Waals surface area contributed by atoms with Crippen molar-refractivity contribution in [2.45, 2.75) is 30.2 Å². The number of nitrogens with zero attached hydrogens (tertiary/aromatic N) is 3. The molecule has 27 heavy (non-hydrogen) atoms. The molecule has 1 saturated heterocycles. The van der Waals surface area contributed by atoms with Gasteiger partial charge < -0.3 is 14.2 Å². The molecule has 0 spiro atoms. The lowest BCUT2D eigenvalue weighted by Gasteiger charge is -2.32. The van der Waals surface area contributed by atoms with Crippen molar-refractivity contribution in [3.05, 3.63) is 48.0 Å². The highest BCUT2D eigenvalue weighted by molar-refractivity contribution is 7.90. The predicted octanol–water partition coefficient (Wildman–Crippen LogP) is 1.95. The van der Waals surface area contributed by atoms with Gasteiger partial charge in [0.25, 0.3) is 5.91 Å². The SMILES string of the molecule is COCCn1ccnc1[C@H]1CCCN(C(=O)c2ccc(S(C)(=O)=O)cc2)C1. The van der Waals surface area contributed by atoms with Gasteiger partial charge in [0.05, 0.1) is 11.5 Å². The smallest absolute Gasteiger partial charge is 0.253 e. The zero-order valence-electron chi connectivity index (χ0n) is 15.7. The Hall–Kier alpha value is -2.19. The fourth-order valence-corrected chi connectivity index (χ4v) is 4.09. The summed E-state index contributed by atoms with van der Waals surface area (Å²) >= 11 is 0. The molecule has 1 aliphatic heterocycles. The number of hydrogen-bond acceptors (Lipinski definition) is 5. The molecule has 7 nitrogen and oxygen atoms in total. The lowest BCUT2D eigenvalue weighted by molar-refractivity contribution is 0.0702. The van der Waals surface area contributed by atoms with Crippen LogP contribution < -0.4 is 0 Å². The molecule has 8 heteroatoms. The zero-order valence-corrected chi connectivity index (χ0v) is 16.5. The number of carbonyl (C=O) groups excluding carboxylic acids is 1. The topological polar surface area (TPSA) is 81.5 Å². The van der Waals surface area contributed by atoms with Gasteiger partial charge in [-0.25, -0.2) is 13.4 Å². The number of rotatable bonds is 6. The summed E-state index contributed by atoms with van der Waals surface area (Å²) in [5.41, 5.74) is 0.505. The summed E-state index contributed by atoms with van der Waals surface area (Å²) in [4.78, 5) is 19.4. The highest BCUT2D eigenvalue weighted by Gasteiger charge is 2.28. The van der Waals surface area contributed by atoms with Crippen LogP contribution in [0.1, 0.15) is 34.9 Å². The normalized spacial score (nSPS) is 17.9. The van der Waals surface area contributed by atoms with Crippen LogP contribution in [0.15, 0.2) is 41.6 Å². The van der Waals surface area contributed by atoms with Gasteiger partial charge in [-0.2, -0.15) is 0 Å². The summed E-state index contributed by atoms with van der Waals surface area (Å²) < 4.78 is 30.4. The molecule has 1 aromatic carbocycles. The van der Waals surface area contributed by atoms with Crippen LogP contribution >= 0.6 is 0 Å². The predicted molar refractivity (Wildman–Crippen MR) is 102 cm³/mol. The number of methoxy groups -OCH3 is 1. The number of sulfone groups is 1. The molecule has 0 bridgehead atoms. The largest absolute Gasteiger partial charge is 0.383 e. The number of imidazole rings is 1. The van der Waals surface area contributed by atoms with E-state index in [1.807, 2.05) is 11.1 Å². The van der Waals surface area contributed by atoms with E-state index in [4.69, 9.17) is 4.74 Å². The summed E-state index contributed by atoms with van der Waals surface area (Å²) in [6.45, 7) is 2.66. The van der Waals surface area contributed by atoms with Gasteiger partial charge in [0.2, 0.25) is 0 Å². The highest BCUT2D eigenvalue weighted by Crippen LogP contribution is 2.27. The van der Waals surface area contributed by atoms with Crippen LogP contribution in [0.3, 0.4) is 0 Å². The van der Waals surface area contributed by atoms with Gasteiger partial charge in [0, 0.05) is 56.9 Å². The maximum atomic E-state index is 12.9. The van der Waals surface area contributed by atoms with Gasteiger partial charge in [-0.3, -0.25) is 4.79 Å². The Morgan fingerprint density at radius 1 is 1.30 bits per heavy atom. The molecule has 146 valence electrons. The summed E-state index contributed by atoms with van der Waals surface area (Å²) in [5.74, 6) is 1.09. The average molecular weight is 391 g/mol. The molecule has 0 radical (unpaired) electrons. The second kappa shape index (κ2) is 8.22. The quantitative estimate of drug-likeness (QED) is 0.752. The Bertz CT molecular complexity index is 890. The van der Waals surface area contributed by atoms with E-state index in [2.05, 4.69) is 9.55 Å². The number of ether oxygens (including phenoxy) is 1. The Balaban J connectivity index is 1.72. The van der Waals surface area contributed by atoms with Crippen molar-refractivity contribution in [1.29, 1.82) is 0 Å². The molecule has 2 heterocycles. The number of likely N-dealkylation sites (tertiary alicyclic amines) is 1. The lowest BCUT2D eigenvalue weighted by Crippen LogP contribution is -2.39. The lowest BCUT2D eigenvalue weighted by atomic mass is 9.96. The first-order valence-corrected chi connectivity index (χ1v) is 10.9. The van der Waals surface area contributed by atoms with Crippen molar-refractivity contribution in [2.75, 3.05) is 33.1 Å². The third-order valence-corrected chi connectivity index (χ3v) is 6.02. The monoisotopic (exact) mass is 391 g/mol. The van der Waals surface area contributed by atoms with Gasteiger partial charge in [-0.05, 0) is 37.1 Å². The van der Waals surface area contributed by atoms with E-state index in [1.54, 1.807) is 25.4 Å². The van der Waals surface area contributed by atoms with Crippen LogP contribution in [0, 0.1) is 0 Å². The molecule has 0 N–H and O–H groups in total. The molecule has 1 amide bonds. The number of hydrogen-bond donors (Lipinski definition) is 0. The third-order valence-electron chi connectivity index (χ3n) is 4.89. The van der Waals surface area contributed by atoms with Crippen LogP contribution in [-0.2, 0) is 21.1 Å². The van der Waals surface area contributed by atoms with Gasteiger partial charge in [0.1, 0.15) is 5.82 Å². The first-order chi connectivity index (χ1) is 12.9. The van der Waals surface area contributed by atoms with E-state index < -0.39 is 9.84 Å². The van der Waals surface area contributed by atoms with Gasteiger partial charge in [-0.1, -0.05) is 0 Å². The van der Waals surface area contributed by atoms with Crippen molar-refractivity contribution < 1.29 is 17.9 Å². The second-order valence-electron chi connectivity index (χ2n) is 6.86. The Labute approximate surface area is 159 Å². The van der Waals surface area contributed by atoms with Crippen molar-refractivity contribution in [1.82, 2.24) is 14.5 Å². The minimum atomic E-state index is -3.27. The Morgan fingerprint density at radius 2 is 2.04 bits per heavy atom. The standard InChI is InChI=1S/C19H25N3O4S/c1-26-13-12-21-11-9-20-18(21)16-4-3-10-22(14-16)19(23)15-5-7-17(8-6-15)27(2,24)25/h5-9,11,16H,3-4,10,12-14H2,1-2H3/t16-/m0/s1. The number of benzene rings is 1. The molecule has 1 aromatic heterocycles. The summed E-state index contributed by atoms with van der Waals surface area (Å²) in [7, 11) is -1.59. The summed E-state index contributed by atoms with van der Waals surface area (Å²) in [6, 6.07) is 6.15. The molecule has 1 aliphatic rings. The van der Waals surface area contributed by atoms with Gasteiger partial charge in [0.15, 0.2) is 9.84 Å². The molecule has 0 aliphatic carbocycles. The molecule has 1 atom stereocenters. The maximum Gasteiger partial charge on any atom is 0.253 e. The van der Waals surface area contributed by atoms with Crippen molar-refractivity contribution >= 4 is 15.7 Å². The molecular weight excluding hydrogens is 366 g/mol. The third kappa shape index (κ3) is 4.56. The van der Waals surface area contributed by atoms with Gasteiger partial charge in [-0.15, -0.1) is 0 Å². The molecular formula is C19H25N3O4S. The fraction of sp³-hybridized carbons (Fsp3) is 0.474. The van der Waals surface area contributed by atoms with Crippen molar-refractivity contribution in [2.24, 2.45) is 0 Å². The average Bonchev–Trinajstić information content (AvgIpc) is 3.14. The number of carbonyl (C=O) groups is 1. The second-order valence-corrected chi connectivity index (χ2v) is 8.87. The first kappa shape index (κ1) is 19.6. The molecule has 2 aromatic rings. The van der Waals surface area contributed by atoms with Crippen molar-refractivity contribution in [3.63, 3.8) is 0 Å². The van der Waals surface area contributed by atoms with Crippen LogP contribution in [0.4, 0.5) is 0 Å². The molecule has 1 fully saturated rings. The Kier molecular flexibility index (Phi) is 5.96. The van der Waals surface area contributed by atoms with Crippen LogP contribution in [0.2, 0.25) is 0 Å². The van der Waals surface area contributed by atoms with Crippen LogP contribution in [-0.4, -0.2) is 61.8 Å². The first-order valence-electron chi connectivity index (χ1n) is 8.99. The van der Waals surface area contributed by atoms with Crippen LogP contribution in [0.25, 0.3) is 0 Å². The molecule has 0 saturated carbocycles. The van der Waals surface area contributed by atoms with E-state index in [0.29, 0.717) is 25.3 Å². The maximum absolute atomic E-state index is 12.9. The molecule has 0 unspecified atom stereocenters. The minimum Gasteiger partial charge on any atom is -0.383 e.